The maximum absolute atomic E-state index is 6.00. The lowest BCUT2D eigenvalue weighted by Gasteiger charge is -2.04. The molecule has 0 aliphatic heterocycles. The number of fused-ring (bicyclic) bond motifs is 6. The van der Waals surface area contributed by atoms with Gasteiger partial charge in [0.2, 0.25) is 0 Å². The first kappa shape index (κ1) is 89.2. The predicted molar refractivity (Wildman–Crippen MR) is 614 cm³/mol. The quantitative estimate of drug-likeness (QED) is 0.0834. The molecule has 0 spiro atoms. The van der Waals surface area contributed by atoms with Crippen LogP contribution >= 0.6 is 204 Å². The first-order chi connectivity index (χ1) is 66.8. The minimum absolute atomic E-state index is 0.914. The second-order valence-electron chi connectivity index (χ2n) is 31.2. The Bertz CT molecular complexity index is 8050. The molecule has 0 N–H and O–H groups in total. The van der Waals surface area contributed by atoms with E-state index in [4.69, 9.17) is 4.42 Å². The molecule has 25 aromatic rings. The lowest BCUT2D eigenvalue weighted by atomic mass is 10.0. The van der Waals surface area contributed by atoms with E-state index in [-0.39, 0.29) is 0 Å². The van der Waals surface area contributed by atoms with Crippen LogP contribution in [0.15, 0.2) is 425 Å². The zero-order valence-electron chi connectivity index (χ0n) is 71.7. The van der Waals surface area contributed by atoms with Gasteiger partial charge in [-0.3, -0.25) is 0 Å². The summed E-state index contributed by atoms with van der Waals surface area (Å²) in [5, 5.41) is 12.9. The van der Waals surface area contributed by atoms with Gasteiger partial charge in [0.05, 0.1) is 14.3 Å². The van der Waals surface area contributed by atoms with Gasteiger partial charge in [0.25, 0.3) is 0 Å². The summed E-state index contributed by atoms with van der Waals surface area (Å²) in [7, 11) is 0. The zero-order valence-corrected chi connectivity index (χ0v) is 86.4. The molecule has 0 radical (unpaired) electrons. The molecule has 654 valence electrons. The van der Waals surface area contributed by atoms with Crippen LogP contribution < -0.4 is 0 Å². The lowest BCUT2D eigenvalue weighted by Crippen LogP contribution is -1.81. The Morgan fingerprint density at radius 2 is 0.570 bits per heavy atom. The van der Waals surface area contributed by atoms with Crippen molar-refractivity contribution in [3.8, 4) is 152 Å². The fourth-order valence-electron chi connectivity index (χ4n) is 15.7. The monoisotopic (exact) mass is 2060 g/mol. The van der Waals surface area contributed by atoms with E-state index in [9.17, 15) is 0 Å². The summed E-state index contributed by atoms with van der Waals surface area (Å²) < 4.78 is 11.8. The summed E-state index contributed by atoms with van der Waals surface area (Å²) in [6.07, 6.45) is 11.0. The Labute approximate surface area is 856 Å². The van der Waals surface area contributed by atoms with Crippen LogP contribution in [0.2, 0.25) is 0 Å². The highest BCUT2D eigenvalue weighted by atomic mass is 32.2. The van der Waals surface area contributed by atoms with Crippen molar-refractivity contribution in [3.05, 3.63) is 452 Å². The molecule has 19 heterocycles. The molecule has 0 unspecified atom stereocenters. The number of rotatable bonds is 18. The average Bonchev–Trinajstić information content (AvgIpc) is 1.61. The molecular weight excluding hydrogens is 1990 g/mol. The van der Waals surface area contributed by atoms with Crippen LogP contribution in [-0.4, -0.2) is 0 Å². The Morgan fingerprint density at radius 3 is 1.07 bits per heavy atom. The van der Waals surface area contributed by atoms with E-state index < -0.39 is 0 Å². The van der Waals surface area contributed by atoms with Crippen molar-refractivity contribution in [2.45, 2.75) is 12.8 Å². The number of allylic oxidation sites excluding steroid dienone is 4. The Morgan fingerprint density at radius 1 is 0.185 bits per heavy atom. The fourth-order valence-corrected chi connectivity index (χ4v) is 34.3. The highest BCUT2D eigenvalue weighted by molar-refractivity contribution is 7.40. The van der Waals surface area contributed by atoms with Gasteiger partial charge in [-0.05, 0) is 271 Å². The molecule has 0 saturated heterocycles. The van der Waals surface area contributed by atoms with Crippen molar-refractivity contribution in [2.24, 2.45) is 0 Å². The van der Waals surface area contributed by atoms with Crippen molar-refractivity contribution in [1.29, 1.82) is 0 Å². The van der Waals surface area contributed by atoms with Crippen molar-refractivity contribution in [3.63, 3.8) is 0 Å². The number of thiophene rings is 18. The fraction of sp³-hybridized carbons (Fsp3) is 0.0172. The number of hydrogen-bond acceptors (Lipinski definition) is 19. The molecule has 0 amide bonds. The van der Waals surface area contributed by atoms with Crippen LogP contribution in [0.3, 0.4) is 0 Å². The van der Waals surface area contributed by atoms with Gasteiger partial charge in [-0.15, -0.1) is 204 Å². The summed E-state index contributed by atoms with van der Waals surface area (Å²) in [5.41, 5.74) is 13.5. The first-order valence-corrected chi connectivity index (χ1v) is 58.5. The molecule has 6 aromatic carbocycles. The Kier molecular flexibility index (Phi) is 27.9. The predicted octanol–water partition coefficient (Wildman–Crippen LogP) is 43.1. The van der Waals surface area contributed by atoms with Crippen LogP contribution in [0.5, 0.6) is 0 Å². The van der Waals surface area contributed by atoms with Crippen molar-refractivity contribution < 1.29 is 4.42 Å². The summed E-state index contributed by atoms with van der Waals surface area (Å²) in [6, 6.07) is 134. The zero-order chi connectivity index (χ0) is 90.0. The Balaban J connectivity index is 0.0000000946. The molecule has 0 atom stereocenters. The van der Waals surface area contributed by atoms with Crippen LogP contribution in [0.1, 0.15) is 37.7 Å². The third-order valence-electron chi connectivity index (χ3n) is 22.3. The van der Waals surface area contributed by atoms with Gasteiger partial charge in [-0.1, -0.05) is 218 Å². The second-order valence-corrected chi connectivity index (χ2v) is 49.8. The van der Waals surface area contributed by atoms with Gasteiger partial charge in [-0.25, -0.2) is 0 Å². The normalized spacial score (nSPS) is 11.9. The minimum atomic E-state index is 0.914. The summed E-state index contributed by atoms with van der Waals surface area (Å²) >= 11 is 33.5. The summed E-state index contributed by atoms with van der Waals surface area (Å²) in [5.74, 6) is 1.85. The standard InChI is InChI=1S/C23H14S4.C22H12S5.C19H14S2.C18H12OS2.C18H12S3.C16H12S2/c1-2-4-14(5-3-1)17-6-7-18(25-17)19-8-9-20(26-19)21-13-16-12-15-10-11-24-22(15)23(16)27-21;1-2-4-13(5-3-1)14-6-7-15(24-14)16-8-9-17(25-16)19-12-20-22(27-19)21-18(26-20)10-11-23-21;1-2-5-14(6-3-1)15-8-9-16(13-15)17-10-11-19(21-17)18-7-4-12-20-18;1-2-5-13(6-3-1)14-8-9-15(19-14)16-10-11-18(21-16)17-7-4-12-20-17;1-2-5-13(6-3-1)14-8-9-17(20-14)18-11-10-16(21-18)15-7-4-12-19-15;1-2-5-13(6-3-1)16-11-10-15(18-16)9-8-14-7-4-12-17-14/h1-11,13H,12H2;1-12H;1-12H,13H2;2*1-12H;1-12H/b;;;;;9-8+. The maximum Gasteiger partial charge on any atom is 0.144 e. The SMILES string of the molecule is C(=C\c1ccc(-c2ccccc2)s1)/c1cccs1.C1=C(c2ccccc2)CC(c2ccc(-c3cccs3)s2)=C1.c1ccc(-c2ccc(-c3ccc(-c4cc5c(s4)-c4sccc4C5)s3)s2)cc1.c1ccc(-c2ccc(-c3ccc(-c4cc5sc6ccsc6c5s4)s3)s2)cc1.c1ccc(-c2ccc(-c3ccc(-c4cccs4)s3)o2)cc1.c1ccc(-c2ccc(-c3ccc(-c4cccs4)s3)s2)cc1. The van der Waals surface area contributed by atoms with E-state index >= 15 is 0 Å². The maximum atomic E-state index is 6.00. The van der Waals surface area contributed by atoms with E-state index in [2.05, 4.69) is 402 Å². The van der Waals surface area contributed by atoms with Gasteiger partial charge in [0, 0.05) is 143 Å². The highest BCUT2D eigenvalue weighted by Gasteiger charge is 2.25. The third kappa shape index (κ3) is 21.0. The van der Waals surface area contributed by atoms with Crippen molar-refractivity contribution in [2.75, 3.05) is 0 Å². The molecule has 19 heteroatoms. The average molecular weight is 2060 g/mol. The van der Waals surface area contributed by atoms with E-state index in [0.29, 0.717) is 0 Å². The van der Waals surface area contributed by atoms with E-state index in [1.165, 1.54) is 196 Å². The largest absolute Gasteiger partial charge is 0.455 e. The molecule has 1 nitrogen and oxygen atoms in total. The molecule has 2 aliphatic rings. The summed E-state index contributed by atoms with van der Waals surface area (Å²) in [4.78, 5) is 35.2. The van der Waals surface area contributed by atoms with Gasteiger partial charge < -0.3 is 4.42 Å². The van der Waals surface area contributed by atoms with Gasteiger partial charge in [-0.2, -0.15) is 0 Å². The second kappa shape index (κ2) is 42.3. The van der Waals surface area contributed by atoms with Gasteiger partial charge in [0.1, 0.15) is 11.5 Å². The molecule has 27 rings (SSSR count). The van der Waals surface area contributed by atoms with Crippen LogP contribution in [0.4, 0.5) is 0 Å². The third-order valence-corrected chi connectivity index (χ3v) is 43.2. The lowest BCUT2D eigenvalue weighted by molar-refractivity contribution is 0.599. The van der Waals surface area contributed by atoms with Crippen LogP contribution in [0, 0.1) is 0 Å². The molecule has 135 heavy (non-hydrogen) atoms. The molecule has 0 bridgehead atoms. The van der Waals surface area contributed by atoms with Crippen molar-refractivity contribution in [1.82, 2.24) is 0 Å². The summed E-state index contributed by atoms with van der Waals surface area (Å²) in [6.45, 7) is 0. The smallest absolute Gasteiger partial charge is 0.144 e. The number of furan rings is 1. The van der Waals surface area contributed by atoms with Crippen LogP contribution in [0.25, 0.3) is 194 Å². The van der Waals surface area contributed by atoms with Gasteiger partial charge >= 0.3 is 0 Å². The number of hydrogen-bond donors (Lipinski definition) is 0. The molecule has 19 aromatic heterocycles. The first-order valence-electron chi connectivity index (χ1n) is 43.5. The number of benzene rings is 6. The van der Waals surface area contributed by atoms with Crippen molar-refractivity contribution >= 4 is 246 Å². The minimum Gasteiger partial charge on any atom is -0.455 e. The van der Waals surface area contributed by atoms with E-state index in [1.807, 2.05) is 189 Å². The van der Waals surface area contributed by atoms with Crippen LogP contribution in [-0.2, 0) is 6.42 Å². The van der Waals surface area contributed by atoms with E-state index in [0.717, 1.165) is 29.9 Å². The molecular formula is C116H76OS18. The topological polar surface area (TPSA) is 13.1 Å². The molecule has 2 aliphatic carbocycles. The van der Waals surface area contributed by atoms with Gasteiger partial charge in [0.15, 0.2) is 0 Å². The molecule has 0 fully saturated rings. The Hall–Kier alpha value is -11.1. The molecule has 0 saturated carbocycles. The highest BCUT2D eigenvalue weighted by Crippen LogP contribution is 2.53. The van der Waals surface area contributed by atoms with E-state index in [1.54, 1.807) is 45.3 Å².